The molecule has 65 valence electrons. The van der Waals surface area contributed by atoms with Crippen LogP contribution < -0.4 is 0 Å². The Morgan fingerprint density at radius 1 is 1.38 bits per heavy atom. The Bertz CT molecular complexity index is 378. The van der Waals surface area contributed by atoms with E-state index in [9.17, 15) is 0 Å². The van der Waals surface area contributed by atoms with Crippen molar-refractivity contribution in [1.29, 1.82) is 0 Å². The van der Waals surface area contributed by atoms with Crippen molar-refractivity contribution in [2.45, 2.75) is 13.5 Å². The van der Waals surface area contributed by atoms with Crippen molar-refractivity contribution in [2.24, 2.45) is 0 Å². The average molecular weight is 172 g/mol. The zero-order chi connectivity index (χ0) is 9.10. The highest BCUT2D eigenvalue weighted by atomic mass is 15.1. The lowest BCUT2D eigenvalue weighted by atomic mass is 10.3. The molecule has 0 aliphatic rings. The second kappa shape index (κ2) is 3.39. The fraction of sp³-hybridized carbons (Fsp3) is 0.200. The molecule has 0 saturated heterocycles. The van der Waals surface area contributed by atoms with Gasteiger partial charge in [-0.1, -0.05) is 6.07 Å². The molecule has 3 heteroatoms. The maximum Gasteiger partial charge on any atom is 0.106 e. The highest BCUT2D eigenvalue weighted by Crippen LogP contribution is 2.00. The van der Waals surface area contributed by atoms with Crippen molar-refractivity contribution in [2.75, 3.05) is 0 Å². The zero-order valence-corrected chi connectivity index (χ0v) is 7.44. The van der Waals surface area contributed by atoms with Crippen molar-refractivity contribution >= 4 is 0 Å². The molecular formula is C10H10N3. The molecule has 0 aromatic carbocycles. The molecule has 2 aromatic rings. The minimum atomic E-state index is 0.743. The molecule has 0 bridgehead atoms. The maximum absolute atomic E-state index is 4.23. The van der Waals surface area contributed by atoms with Crippen molar-refractivity contribution in [1.82, 2.24) is 14.5 Å². The molecule has 0 saturated carbocycles. The second-order valence-electron chi connectivity index (χ2n) is 2.84. The lowest BCUT2D eigenvalue weighted by molar-refractivity contribution is 0.737. The Labute approximate surface area is 77.1 Å². The molecule has 2 heterocycles. The van der Waals surface area contributed by atoms with Gasteiger partial charge in [-0.15, -0.1) is 0 Å². The van der Waals surface area contributed by atoms with Crippen molar-refractivity contribution in [3.05, 3.63) is 48.3 Å². The Kier molecular flexibility index (Phi) is 2.08. The van der Waals surface area contributed by atoms with E-state index < -0.39 is 0 Å². The number of hydrogen-bond donors (Lipinski definition) is 0. The molecule has 1 radical (unpaired) electrons. The van der Waals surface area contributed by atoms with Crippen LogP contribution >= 0.6 is 0 Å². The molecule has 13 heavy (non-hydrogen) atoms. The Hall–Kier alpha value is -1.64. The third-order valence-electron chi connectivity index (χ3n) is 1.90. The Balaban J connectivity index is 2.20. The molecule has 0 fully saturated rings. The van der Waals surface area contributed by atoms with Gasteiger partial charge >= 0.3 is 0 Å². The normalized spacial score (nSPS) is 10.2. The summed E-state index contributed by atoms with van der Waals surface area (Å²) in [6.45, 7) is 2.70. The minimum absolute atomic E-state index is 0.743. The van der Waals surface area contributed by atoms with Crippen LogP contribution in [0.3, 0.4) is 0 Å². The van der Waals surface area contributed by atoms with Crippen molar-refractivity contribution in [3.8, 4) is 0 Å². The van der Waals surface area contributed by atoms with Gasteiger partial charge in [0.1, 0.15) is 5.82 Å². The first-order valence-electron chi connectivity index (χ1n) is 4.16. The van der Waals surface area contributed by atoms with E-state index in [0.717, 1.165) is 18.1 Å². The Morgan fingerprint density at radius 2 is 2.31 bits per heavy atom. The number of hydrogen-bond acceptors (Lipinski definition) is 2. The fourth-order valence-corrected chi connectivity index (χ4v) is 1.17. The molecule has 0 aliphatic heterocycles. The molecule has 0 unspecified atom stereocenters. The molecule has 0 amide bonds. The summed E-state index contributed by atoms with van der Waals surface area (Å²) >= 11 is 0. The van der Waals surface area contributed by atoms with Gasteiger partial charge in [0.05, 0.1) is 24.6 Å². The van der Waals surface area contributed by atoms with Gasteiger partial charge in [-0.25, -0.2) is 4.98 Å². The van der Waals surface area contributed by atoms with E-state index in [4.69, 9.17) is 0 Å². The van der Waals surface area contributed by atoms with E-state index in [-0.39, 0.29) is 0 Å². The van der Waals surface area contributed by atoms with Gasteiger partial charge in [0.25, 0.3) is 0 Å². The molecular weight excluding hydrogens is 162 g/mol. The first-order valence-corrected chi connectivity index (χ1v) is 4.16. The van der Waals surface area contributed by atoms with Crippen LogP contribution in [0, 0.1) is 13.1 Å². The average Bonchev–Trinajstić information content (AvgIpc) is 2.54. The van der Waals surface area contributed by atoms with Crippen molar-refractivity contribution in [3.63, 3.8) is 0 Å². The van der Waals surface area contributed by atoms with E-state index >= 15 is 0 Å². The number of aromatic nitrogens is 3. The summed E-state index contributed by atoms with van der Waals surface area (Å²) in [5.74, 6) is 0.964. The molecule has 2 aromatic heterocycles. The van der Waals surface area contributed by atoms with E-state index in [2.05, 4.69) is 16.2 Å². The van der Waals surface area contributed by atoms with Crippen LogP contribution in [0.25, 0.3) is 0 Å². The van der Waals surface area contributed by atoms with Gasteiger partial charge in [-0.05, 0) is 19.1 Å². The highest BCUT2D eigenvalue weighted by Gasteiger charge is 1.98. The standard InChI is InChI=1S/C10H10N3/c1-9-11-6-7-13(9)8-10-4-2-3-5-12-10/h2-6H,8H2,1H3. The van der Waals surface area contributed by atoms with Crippen LogP contribution in [0.15, 0.2) is 30.6 Å². The second-order valence-corrected chi connectivity index (χ2v) is 2.84. The lowest BCUT2D eigenvalue weighted by Gasteiger charge is -2.02. The SMILES string of the molecule is Cc1nc[c]n1Cc1ccccn1. The van der Waals surface area contributed by atoms with Gasteiger partial charge in [-0.3, -0.25) is 4.98 Å². The van der Waals surface area contributed by atoms with Gasteiger partial charge in [0, 0.05) is 6.20 Å². The molecule has 0 spiro atoms. The third-order valence-corrected chi connectivity index (χ3v) is 1.90. The van der Waals surface area contributed by atoms with E-state index in [1.807, 2.05) is 29.7 Å². The first kappa shape index (κ1) is 7.98. The maximum atomic E-state index is 4.23. The molecule has 3 nitrogen and oxygen atoms in total. The summed E-state index contributed by atoms with van der Waals surface area (Å²) in [7, 11) is 0. The minimum Gasteiger partial charge on any atom is -0.321 e. The summed E-state index contributed by atoms with van der Waals surface area (Å²) in [6, 6.07) is 5.88. The molecule has 2 rings (SSSR count). The predicted molar refractivity (Wildman–Crippen MR) is 49.1 cm³/mol. The summed E-state index contributed by atoms with van der Waals surface area (Å²) < 4.78 is 1.95. The number of rotatable bonds is 2. The predicted octanol–water partition coefficient (Wildman–Crippen LogP) is 1.44. The van der Waals surface area contributed by atoms with Gasteiger partial charge in [-0.2, -0.15) is 0 Å². The lowest BCUT2D eigenvalue weighted by Crippen LogP contribution is -2.02. The highest BCUT2D eigenvalue weighted by molar-refractivity contribution is 5.05. The van der Waals surface area contributed by atoms with Gasteiger partial charge in [0.15, 0.2) is 0 Å². The third kappa shape index (κ3) is 1.75. The number of pyridine rings is 1. The summed E-state index contributed by atoms with van der Waals surface area (Å²) in [5.41, 5.74) is 1.03. The van der Waals surface area contributed by atoms with Crippen LogP contribution in [-0.4, -0.2) is 14.5 Å². The topological polar surface area (TPSA) is 30.7 Å². The largest absolute Gasteiger partial charge is 0.321 e. The monoisotopic (exact) mass is 172 g/mol. The fourth-order valence-electron chi connectivity index (χ4n) is 1.17. The summed E-state index contributed by atoms with van der Waals surface area (Å²) in [6.07, 6.45) is 6.49. The molecule has 0 N–H and O–H groups in total. The van der Waals surface area contributed by atoms with Crippen LogP contribution in [0.1, 0.15) is 11.5 Å². The van der Waals surface area contributed by atoms with Gasteiger partial charge < -0.3 is 4.57 Å². The Morgan fingerprint density at radius 3 is 2.92 bits per heavy atom. The first-order chi connectivity index (χ1) is 6.36. The summed E-state index contributed by atoms with van der Waals surface area (Å²) in [5, 5.41) is 0. The van der Waals surface area contributed by atoms with E-state index in [0.29, 0.717) is 0 Å². The van der Waals surface area contributed by atoms with Gasteiger partial charge in [0.2, 0.25) is 0 Å². The number of nitrogens with zero attached hydrogens (tertiary/aromatic N) is 3. The van der Waals surface area contributed by atoms with Crippen molar-refractivity contribution < 1.29 is 0 Å². The number of aryl methyl sites for hydroxylation is 1. The van der Waals surface area contributed by atoms with Crippen LogP contribution in [0.2, 0.25) is 0 Å². The van der Waals surface area contributed by atoms with Crippen LogP contribution in [-0.2, 0) is 6.54 Å². The van der Waals surface area contributed by atoms with E-state index in [1.165, 1.54) is 0 Å². The molecule has 0 aliphatic carbocycles. The van der Waals surface area contributed by atoms with Crippen LogP contribution in [0.5, 0.6) is 0 Å². The number of imidazole rings is 1. The smallest absolute Gasteiger partial charge is 0.106 e. The molecule has 0 atom stereocenters. The quantitative estimate of drug-likeness (QED) is 0.686. The summed E-state index contributed by atoms with van der Waals surface area (Å²) in [4.78, 5) is 8.32. The van der Waals surface area contributed by atoms with Crippen LogP contribution in [0.4, 0.5) is 0 Å². The zero-order valence-electron chi connectivity index (χ0n) is 7.44. The van der Waals surface area contributed by atoms with E-state index in [1.54, 1.807) is 12.4 Å².